The van der Waals surface area contributed by atoms with E-state index in [1.807, 2.05) is 0 Å². The Morgan fingerprint density at radius 2 is 2.00 bits per heavy atom. The second kappa shape index (κ2) is 4.24. The zero-order valence-corrected chi connectivity index (χ0v) is 9.93. The van der Waals surface area contributed by atoms with Crippen LogP contribution in [0.15, 0.2) is 18.2 Å². The van der Waals surface area contributed by atoms with E-state index in [0.29, 0.717) is 18.7 Å². The first kappa shape index (κ1) is 11.5. The number of nitrogen functional groups attached to an aromatic ring is 1. The number of fused-ring (bicyclic) bond motifs is 2. The number of anilines is 1. The lowest BCUT2D eigenvalue weighted by atomic mass is 10.1. The van der Waals surface area contributed by atoms with Crippen molar-refractivity contribution < 1.29 is 13.9 Å². The molecule has 1 amide bonds. The zero-order chi connectivity index (χ0) is 12.7. The summed E-state index contributed by atoms with van der Waals surface area (Å²) in [5.41, 5.74) is 5.82. The molecular weight excluding hydrogens is 235 g/mol. The van der Waals surface area contributed by atoms with Gasteiger partial charge >= 0.3 is 0 Å². The van der Waals surface area contributed by atoms with Gasteiger partial charge in [0.05, 0.1) is 17.9 Å². The molecule has 2 saturated heterocycles. The Morgan fingerprint density at radius 3 is 2.61 bits per heavy atom. The molecule has 18 heavy (non-hydrogen) atoms. The van der Waals surface area contributed by atoms with E-state index in [1.54, 1.807) is 11.0 Å². The van der Waals surface area contributed by atoms with Crippen molar-refractivity contribution in [2.75, 3.05) is 18.8 Å². The van der Waals surface area contributed by atoms with Crippen molar-refractivity contribution >= 4 is 11.6 Å². The molecule has 0 radical (unpaired) electrons. The second-order valence-electron chi connectivity index (χ2n) is 4.90. The van der Waals surface area contributed by atoms with E-state index >= 15 is 0 Å². The van der Waals surface area contributed by atoms with Crippen LogP contribution in [0.1, 0.15) is 23.2 Å². The van der Waals surface area contributed by atoms with Crippen LogP contribution >= 0.6 is 0 Å². The highest BCUT2D eigenvalue weighted by Crippen LogP contribution is 2.27. The average molecular weight is 250 g/mol. The molecule has 5 heteroatoms. The molecule has 1 aromatic rings. The van der Waals surface area contributed by atoms with Crippen molar-refractivity contribution in [3.05, 3.63) is 29.6 Å². The first-order chi connectivity index (χ1) is 8.63. The van der Waals surface area contributed by atoms with Gasteiger partial charge in [-0.1, -0.05) is 0 Å². The average Bonchev–Trinajstić information content (AvgIpc) is 2.71. The molecule has 2 bridgehead atoms. The van der Waals surface area contributed by atoms with Gasteiger partial charge in [-0.05, 0) is 31.0 Å². The fraction of sp³-hybridized carbons (Fsp3) is 0.462. The number of nitrogens with two attached hydrogens (primary N) is 1. The summed E-state index contributed by atoms with van der Waals surface area (Å²) >= 11 is 0. The van der Waals surface area contributed by atoms with E-state index in [0.717, 1.165) is 12.8 Å². The largest absolute Gasteiger partial charge is 0.396 e. The molecule has 0 spiro atoms. The molecule has 1 aromatic carbocycles. The number of nitrogens with zero attached hydrogens (tertiary/aromatic N) is 1. The van der Waals surface area contributed by atoms with Crippen LogP contribution < -0.4 is 5.73 Å². The third-order valence-corrected chi connectivity index (χ3v) is 3.58. The van der Waals surface area contributed by atoms with Gasteiger partial charge in [0, 0.05) is 18.7 Å². The molecule has 2 aliphatic heterocycles. The number of benzene rings is 1. The molecule has 2 fully saturated rings. The molecule has 2 unspecified atom stereocenters. The van der Waals surface area contributed by atoms with Gasteiger partial charge in [0.15, 0.2) is 0 Å². The predicted octanol–water partition coefficient (Wildman–Crippen LogP) is 1.41. The minimum absolute atomic E-state index is 0.0635. The standard InChI is InChI=1S/C13H15FN2O2/c14-11-5-8(1-4-12(11)15)13(17)16-6-9-2-3-10(7-16)18-9/h1,4-5,9-10H,2-3,6-7,15H2. The fourth-order valence-corrected chi connectivity index (χ4v) is 2.62. The van der Waals surface area contributed by atoms with Crippen LogP contribution in [0.5, 0.6) is 0 Å². The summed E-state index contributed by atoms with van der Waals surface area (Å²) in [5.74, 6) is -0.689. The van der Waals surface area contributed by atoms with E-state index in [2.05, 4.69) is 0 Å². The zero-order valence-electron chi connectivity index (χ0n) is 9.93. The minimum atomic E-state index is -0.544. The fourth-order valence-electron chi connectivity index (χ4n) is 2.62. The minimum Gasteiger partial charge on any atom is -0.396 e. The van der Waals surface area contributed by atoms with Crippen molar-refractivity contribution in [3.63, 3.8) is 0 Å². The number of halogens is 1. The van der Waals surface area contributed by atoms with Gasteiger partial charge in [0.2, 0.25) is 0 Å². The quantitative estimate of drug-likeness (QED) is 0.767. The molecule has 3 rings (SSSR count). The Hall–Kier alpha value is -1.62. The number of carbonyl (C=O) groups excluding carboxylic acids is 1. The van der Waals surface area contributed by atoms with E-state index in [-0.39, 0.29) is 23.8 Å². The lowest BCUT2D eigenvalue weighted by molar-refractivity contribution is -0.0303. The summed E-state index contributed by atoms with van der Waals surface area (Å²) in [7, 11) is 0. The smallest absolute Gasteiger partial charge is 0.254 e. The summed E-state index contributed by atoms with van der Waals surface area (Å²) < 4.78 is 19.0. The lowest BCUT2D eigenvalue weighted by Gasteiger charge is -2.32. The van der Waals surface area contributed by atoms with Gasteiger partial charge in [0.25, 0.3) is 5.91 Å². The summed E-state index contributed by atoms with van der Waals surface area (Å²) in [6.45, 7) is 1.20. The Balaban J connectivity index is 1.79. The number of likely N-dealkylation sites (tertiary alicyclic amines) is 1. The van der Waals surface area contributed by atoms with Crippen LogP contribution in [-0.4, -0.2) is 36.1 Å². The van der Waals surface area contributed by atoms with Gasteiger partial charge in [-0.15, -0.1) is 0 Å². The maximum Gasteiger partial charge on any atom is 0.254 e. The molecule has 2 N–H and O–H groups in total. The molecule has 96 valence electrons. The van der Waals surface area contributed by atoms with Crippen LogP contribution in [0.2, 0.25) is 0 Å². The Bertz CT molecular complexity index is 480. The predicted molar refractivity (Wildman–Crippen MR) is 64.6 cm³/mol. The van der Waals surface area contributed by atoms with Crippen LogP contribution in [0.4, 0.5) is 10.1 Å². The molecule has 2 aliphatic rings. The van der Waals surface area contributed by atoms with Crippen LogP contribution in [0.25, 0.3) is 0 Å². The van der Waals surface area contributed by atoms with Crippen molar-refractivity contribution in [1.29, 1.82) is 0 Å². The first-order valence-electron chi connectivity index (χ1n) is 6.13. The maximum absolute atomic E-state index is 13.4. The second-order valence-corrected chi connectivity index (χ2v) is 4.90. The number of hydrogen-bond donors (Lipinski definition) is 1. The number of amides is 1. The van der Waals surface area contributed by atoms with E-state index < -0.39 is 5.82 Å². The van der Waals surface area contributed by atoms with Crippen molar-refractivity contribution in [2.24, 2.45) is 0 Å². The van der Waals surface area contributed by atoms with Gasteiger partial charge in [-0.3, -0.25) is 4.79 Å². The highest BCUT2D eigenvalue weighted by Gasteiger charge is 2.35. The van der Waals surface area contributed by atoms with Gasteiger partial charge in [-0.2, -0.15) is 0 Å². The third kappa shape index (κ3) is 1.95. The number of ether oxygens (including phenoxy) is 1. The lowest BCUT2D eigenvalue weighted by Crippen LogP contribution is -2.45. The van der Waals surface area contributed by atoms with Crippen molar-refractivity contribution in [3.8, 4) is 0 Å². The number of rotatable bonds is 1. The van der Waals surface area contributed by atoms with Crippen molar-refractivity contribution in [2.45, 2.75) is 25.0 Å². The molecule has 0 aromatic heterocycles. The van der Waals surface area contributed by atoms with Gasteiger partial charge < -0.3 is 15.4 Å². The summed E-state index contributed by atoms with van der Waals surface area (Å²) in [6, 6.07) is 4.20. The molecule has 2 heterocycles. The first-order valence-corrected chi connectivity index (χ1v) is 6.13. The number of hydrogen-bond acceptors (Lipinski definition) is 3. The number of carbonyl (C=O) groups is 1. The SMILES string of the molecule is Nc1ccc(C(=O)N2CC3CCC(C2)O3)cc1F. The van der Waals surface area contributed by atoms with E-state index in [4.69, 9.17) is 10.5 Å². The van der Waals surface area contributed by atoms with Crippen LogP contribution in [-0.2, 0) is 4.74 Å². The highest BCUT2D eigenvalue weighted by atomic mass is 19.1. The van der Waals surface area contributed by atoms with Crippen molar-refractivity contribution in [1.82, 2.24) is 4.90 Å². The van der Waals surface area contributed by atoms with E-state index in [1.165, 1.54) is 12.1 Å². The summed E-state index contributed by atoms with van der Waals surface area (Å²) in [5, 5.41) is 0. The Morgan fingerprint density at radius 1 is 1.33 bits per heavy atom. The highest BCUT2D eigenvalue weighted by molar-refractivity contribution is 5.94. The van der Waals surface area contributed by atoms with Gasteiger partial charge in [0.1, 0.15) is 5.82 Å². The molecule has 4 nitrogen and oxygen atoms in total. The molecule has 2 atom stereocenters. The molecule has 0 saturated carbocycles. The van der Waals surface area contributed by atoms with Gasteiger partial charge in [-0.25, -0.2) is 4.39 Å². The van der Waals surface area contributed by atoms with E-state index in [9.17, 15) is 9.18 Å². The number of morpholine rings is 1. The topological polar surface area (TPSA) is 55.6 Å². The summed E-state index contributed by atoms with van der Waals surface area (Å²) in [6.07, 6.45) is 2.30. The molecule has 0 aliphatic carbocycles. The Labute approximate surface area is 105 Å². The molecular formula is C13H15FN2O2. The maximum atomic E-state index is 13.4. The monoisotopic (exact) mass is 250 g/mol. The Kier molecular flexibility index (Phi) is 2.70. The normalized spacial score (nSPS) is 26.4. The van der Waals surface area contributed by atoms with Crippen LogP contribution in [0, 0.1) is 5.82 Å². The summed E-state index contributed by atoms with van der Waals surface area (Å²) in [4.78, 5) is 14.0. The van der Waals surface area contributed by atoms with Crippen LogP contribution in [0.3, 0.4) is 0 Å². The third-order valence-electron chi connectivity index (χ3n) is 3.58.